The highest BCUT2D eigenvalue weighted by atomic mass is 16.3. The van der Waals surface area contributed by atoms with Crippen LogP contribution in [0, 0.1) is 5.92 Å². The molecule has 0 aliphatic rings. The lowest BCUT2D eigenvalue weighted by Crippen LogP contribution is -2.41. The average molecular weight is 250 g/mol. The van der Waals surface area contributed by atoms with Crippen molar-refractivity contribution < 1.29 is 9.90 Å². The fraction of sp³-hybridized carbons (Fsp3) is 0.500. The van der Waals surface area contributed by atoms with Gasteiger partial charge in [-0.1, -0.05) is 38.1 Å². The smallest absolute Gasteiger partial charge is 0.237 e. The normalized spacial score (nSPS) is 12.5. The minimum Gasteiger partial charge on any atom is -0.392 e. The minimum absolute atomic E-state index is 0.0336. The van der Waals surface area contributed by atoms with Crippen molar-refractivity contribution in [3.05, 3.63) is 35.4 Å². The van der Waals surface area contributed by atoms with Gasteiger partial charge in [0.15, 0.2) is 0 Å². The van der Waals surface area contributed by atoms with E-state index in [4.69, 9.17) is 10.8 Å². The van der Waals surface area contributed by atoms with Crippen molar-refractivity contribution in [1.82, 2.24) is 5.32 Å². The molecule has 0 spiro atoms. The summed E-state index contributed by atoms with van der Waals surface area (Å²) in [7, 11) is 0. The zero-order valence-corrected chi connectivity index (χ0v) is 11.0. The Bertz CT molecular complexity index is 374. The van der Waals surface area contributed by atoms with Crippen molar-refractivity contribution in [3.63, 3.8) is 0 Å². The number of carbonyl (C=O) groups is 1. The van der Waals surface area contributed by atoms with Gasteiger partial charge in [-0.25, -0.2) is 0 Å². The highest BCUT2D eigenvalue weighted by Crippen LogP contribution is 2.05. The van der Waals surface area contributed by atoms with Gasteiger partial charge >= 0.3 is 0 Å². The van der Waals surface area contributed by atoms with E-state index in [1.54, 1.807) is 0 Å². The molecule has 1 aromatic rings. The SMILES string of the molecule is CC(C)C[C@H](N)C(=O)NCc1ccc(CO)cc1. The van der Waals surface area contributed by atoms with E-state index in [9.17, 15) is 4.79 Å². The molecule has 0 aliphatic heterocycles. The highest BCUT2D eigenvalue weighted by molar-refractivity contribution is 5.81. The van der Waals surface area contributed by atoms with Crippen LogP contribution in [-0.2, 0) is 17.9 Å². The molecule has 1 amide bonds. The zero-order valence-electron chi connectivity index (χ0n) is 11.0. The number of hydrogen-bond donors (Lipinski definition) is 3. The summed E-state index contributed by atoms with van der Waals surface area (Å²) < 4.78 is 0. The number of amides is 1. The van der Waals surface area contributed by atoms with Crippen LogP contribution in [0.15, 0.2) is 24.3 Å². The standard InChI is InChI=1S/C14H22N2O2/c1-10(2)7-13(15)14(18)16-8-11-3-5-12(9-17)6-4-11/h3-6,10,13,17H,7-9,15H2,1-2H3,(H,16,18)/t13-/m0/s1. The molecule has 0 radical (unpaired) electrons. The van der Waals surface area contributed by atoms with Crippen LogP contribution in [0.25, 0.3) is 0 Å². The molecule has 0 aromatic heterocycles. The van der Waals surface area contributed by atoms with E-state index in [1.165, 1.54) is 0 Å². The Kier molecular flexibility index (Phi) is 5.82. The fourth-order valence-corrected chi connectivity index (χ4v) is 1.70. The Hall–Kier alpha value is -1.39. The molecule has 0 fully saturated rings. The molecule has 1 aromatic carbocycles. The van der Waals surface area contributed by atoms with Gasteiger partial charge in [0.25, 0.3) is 0 Å². The number of hydrogen-bond acceptors (Lipinski definition) is 3. The molecule has 1 rings (SSSR count). The summed E-state index contributed by atoms with van der Waals surface area (Å²) in [4.78, 5) is 11.7. The first-order chi connectivity index (χ1) is 8.52. The lowest BCUT2D eigenvalue weighted by molar-refractivity contribution is -0.122. The maximum absolute atomic E-state index is 11.7. The van der Waals surface area contributed by atoms with Crippen LogP contribution >= 0.6 is 0 Å². The van der Waals surface area contributed by atoms with Crippen LogP contribution in [0.3, 0.4) is 0 Å². The Morgan fingerprint density at radius 3 is 2.33 bits per heavy atom. The Morgan fingerprint density at radius 1 is 1.28 bits per heavy atom. The summed E-state index contributed by atoms with van der Waals surface area (Å²) in [5.74, 6) is 0.296. The summed E-state index contributed by atoms with van der Waals surface area (Å²) in [6.45, 7) is 4.59. The second-order valence-electron chi connectivity index (χ2n) is 4.93. The lowest BCUT2D eigenvalue weighted by Gasteiger charge is -2.14. The molecule has 4 N–H and O–H groups in total. The summed E-state index contributed by atoms with van der Waals surface area (Å²) in [6.07, 6.45) is 0.690. The first-order valence-corrected chi connectivity index (χ1v) is 6.25. The third-order valence-electron chi connectivity index (χ3n) is 2.73. The van der Waals surface area contributed by atoms with Crippen LogP contribution in [-0.4, -0.2) is 17.1 Å². The number of nitrogens with two attached hydrogens (primary N) is 1. The predicted molar refractivity (Wildman–Crippen MR) is 71.6 cm³/mol. The molecule has 1 atom stereocenters. The van der Waals surface area contributed by atoms with Gasteiger partial charge in [-0.05, 0) is 23.5 Å². The van der Waals surface area contributed by atoms with E-state index >= 15 is 0 Å². The molecule has 0 heterocycles. The van der Waals surface area contributed by atoms with Crippen LogP contribution in [0.5, 0.6) is 0 Å². The molecule has 0 bridgehead atoms. The maximum Gasteiger partial charge on any atom is 0.237 e. The third kappa shape index (κ3) is 4.85. The third-order valence-corrected chi connectivity index (χ3v) is 2.73. The van der Waals surface area contributed by atoms with Gasteiger partial charge in [0.05, 0.1) is 12.6 Å². The first-order valence-electron chi connectivity index (χ1n) is 6.25. The maximum atomic E-state index is 11.7. The zero-order chi connectivity index (χ0) is 13.5. The van der Waals surface area contributed by atoms with Crippen molar-refractivity contribution in [1.29, 1.82) is 0 Å². The van der Waals surface area contributed by atoms with Gasteiger partial charge in [-0.2, -0.15) is 0 Å². The van der Waals surface area contributed by atoms with Crippen LogP contribution in [0.4, 0.5) is 0 Å². The Morgan fingerprint density at radius 2 is 1.83 bits per heavy atom. The highest BCUT2D eigenvalue weighted by Gasteiger charge is 2.14. The van der Waals surface area contributed by atoms with Crippen LogP contribution in [0.2, 0.25) is 0 Å². The van der Waals surface area contributed by atoms with Gasteiger partial charge in [0, 0.05) is 6.54 Å². The van der Waals surface area contributed by atoms with Crippen molar-refractivity contribution in [2.24, 2.45) is 11.7 Å². The van der Waals surface area contributed by atoms with E-state index < -0.39 is 6.04 Å². The van der Waals surface area contributed by atoms with E-state index in [2.05, 4.69) is 5.32 Å². The van der Waals surface area contributed by atoms with E-state index in [-0.39, 0.29) is 12.5 Å². The number of nitrogens with one attached hydrogen (secondary N) is 1. The first kappa shape index (κ1) is 14.7. The summed E-state index contributed by atoms with van der Waals surface area (Å²) in [6, 6.07) is 7.02. The van der Waals surface area contributed by atoms with Crippen molar-refractivity contribution in [2.45, 2.75) is 39.5 Å². The number of carbonyl (C=O) groups excluding carboxylic acids is 1. The van der Waals surface area contributed by atoms with Crippen LogP contribution < -0.4 is 11.1 Å². The molecule has 4 heteroatoms. The molecule has 18 heavy (non-hydrogen) atoms. The minimum atomic E-state index is -0.443. The number of rotatable bonds is 6. The van der Waals surface area contributed by atoms with Gasteiger partial charge in [0.1, 0.15) is 0 Å². The number of aliphatic hydroxyl groups is 1. The molecular weight excluding hydrogens is 228 g/mol. The molecule has 0 saturated heterocycles. The van der Waals surface area contributed by atoms with Gasteiger partial charge in [-0.3, -0.25) is 4.79 Å². The summed E-state index contributed by atoms with van der Waals surface area (Å²) >= 11 is 0. The van der Waals surface area contributed by atoms with E-state index in [1.807, 2.05) is 38.1 Å². The second-order valence-corrected chi connectivity index (χ2v) is 4.93. The van der Waals surface area contributed by atoms with Gasteiger partial charge in [-0.15, -0.1) is 0 Å². The second kappa shape index (κ2) is 7.13. The number of aliphatic hydroxyl groups excluding tert-OH is 1. The average Bonchev–Trinajstić information content (AvgIpc) is 2.35. The quantitative estimate of drug-likeness (QED) is 0.709. The fourth-order valence-electron chi connectivity index (χ4n) is 1.70. The summed E-state index contributed by atoms with van der Waals surface area (Å²) in [5, 5.41) is 11.7. The molecule has 100 valence electrons. The lowest BCUT2D eigenvalue weighted by atomic mass is 10.0. The summed E-state index contributed by atoms with van der Waals surface area (Å²) in [5.41, 5.74) is 7.64. The monoisotopic (exact) mass is 250 g/mol. The van der Waals surface area contributed by atoms with Crippen molar-refractivity contribution in [3.8, 4) is 0 Å². The predicted octanol–water partition coefficient (Wildman–Crippen LogP) is 1.17. The Balaban J connectivity index is 2.41. The van der Waals surface area contributed by atoms with Crippen molar-refractivity contribution in [2.75, 3.05) is 0 Å². The van der Waals surface area contributed by atoms with Crippen molar-refractivity contribution >= 4 is 5.91 Å². The topological polar surface area (TPSA) is 75.4 Å². The molecule has 4 nitrogen and oxygen atoms in total. The van der Waals surface area contributed by atoms with E-state index in [0.717, 1.165) is 11.1 Å². The number of benzene rings is 1. The van der Waals surface area contributed by atoms with E-state index in [0.29, 0.717) is 18.9 Å². The largest absolute Gasteiger partial charge is 0.392 e. The molecular formula is C14H22N2O2. The molecule has 0 aliphatic carbocycles. The molecule has 0 saturated carbocycles. The van der Waals surface area contributed by atoms with Crippen LogP contribution in [0.1, 0.15) is 31.4 Å². The Labute approximate surface area is 108 Å². The van der Waals surface area contributed by atoms with Gasteiger partial charge in [0.2, 0.25) is 5.91 Å². The molecule has 0 unspecified atom stereocenters. The van der Waals surface area contributed by atoms with Gasteiger partial charge < -0.3 is 16.2 Å².